The SMILES string of the molecule is CC(C)NCCCCC(NC(C)C)C(=O)C(C)C.CC(C)OCC(COC(C)C)OC(C)C. The molecule has 6 heteroatoms. The summed E-state index contributed by atoms with van der Waals surface area (Å²) in [5.74, 6) is 0.468. The summed E-state index contributed by atoms with van der Waals surface area (Å²) in [6.07, 6.45) is 3.91. The minimum atomic E-state index is 0.0315. The van der Waals surface area contributed by atoms with Gasteiger partial charge in [0, 0.05) is 18.0 Å². The molecule has 0 amide bonds. The summed E-state index contributed by atoms with van der Waals surface area (Å²) in [4.78, 5) is 12.1. The van der Waals surface area contributed by atoms with Crippen molar-refractivity contribution < 1.29 is 19.0 Å². The van der Waals surface area contributed by atoms with Crippen LogP contribution in [0.25, 0.3) is 0 Å². The van der Waals surface area contributed by atoms with Crippen LogP contribution in [0.2, 0.25) is 0 Å². The molecule has 0 spiro atoms. The minimum Gasteiger partial charge on any atom is -0.376 e. The van der Waals surface area contributed by atoms with Crippen molar-refractivity contribution >= 4 is 5.78 Å². The van der Waals surface area contributed by atoms with E-state index in [1.807, 2.05) is 55.4 Å². The number of Topliss-reactive ketones (excluding diaryl/α,β-unsaturated/α-hetero) is 1. The van der Waals surface area contributed by atoms with Gasteiger partial charge in [-0.25, -0.2) is 0 Å². The van der Waals surface area contributed by atoms with E-state index in [1.165, 1.54) is 0 Å². The van der Waals surface area contributed by atoms with Crippen molar-refractivity contribution in [1.29, 1.82) is 0 Å². The van der Waals surface area contributed by atoms with E-state index >= 15 is 0 Å². The molecule has 6 nitrogen and oxygen atoms in total. The number of ether oxygens (including phenoxy) is 3. The quantitative estimate of drug-likeness (QED) is 0.260. The van der Waals surface area contributed by atoms with Crippen molar-refractivity contribution in [3.8, 4) is 0 Å². The molecule has 0 aromatic carbocycles. The molecule has 0 aliphatic rings. The molecule has 0 saturated carbocycles. The van der Waals surface area contributed by atoms with Crippen LogP contribution in [-0.2, 0) is 19.0 Å². The van der Waals surface area contributed by atoms with Crippen molar-refractivity contribution in [3.63, 3.8) is 0 Å². The lowest BCUT2D eigenvalue weighted by Gasteiger charge is -2.22. The maximum Gasteiger partial charge on any atom is 0.152 e. The Morgan fingerprint density at radius 3 is 1.58 bits per heavy atom. The predicted octanol–water partition coefficient (Wildman–Crippen LogP) is 5.38. The van der Waals surface area contributed by atoms with Crippen molar-refractivity contribution in [2.24, 2.45) is 5.92 Å². The first-order valence-corrected chi connectivity index (χ1v) is 13.2. The van der Waals surface area contributed by atoms with E-state index in [4.69, 9.17) is 14.2 Å². The number of ketones is 1. The number of unbranched alkanes of at least 4 members (excludes halogenated alkanes) is 1. The molecule has 0 aliphatic heterocycles. The van der Waals surface area contributed by atoms with Gasteiger partial charge in [-0.15, -0.1) is 0 Å². The molecule has 2 N–H and O–H groups in total. The van der Waals surface area contributed by atoms with Crippen molar-refractivity contribution in [1.82, 2.24) is 10.6 Å². The first-order chi connectivity index (χ1) is 15.3. The number of carbonyl (C=O) groups is 1. The van der Waals surface area contributed by atoms with Crippen LogP contribution in [0.15, 0.2) is 0 Å². The van der Waals surface area contributed by atoms with E-state index in [1.54, 1.807) is 0 Å². The first kappa shape index (κ1) is 34.6. The Labute approximate surface area is 206 Å². The zero-order chi connectivity index (χ0) is 26.0. The molecule has 0 rings (SSSR count). The number of rotatable bonds is 18. The molecule has 0 aliphatic carbocycles. The van der Waals surface area contributed by atoms with E-state index < -0.39 is 0 Å². The highest BCUT2D eigenvalue weighted by molar-refractivity contribution is 5.85. The monoisotopic (exact) mass is 474 g/mol. The van der Waals surface area contributed by atoms with E-state index in [9.17, 15) is 4.79 Å². The summed E-state index contributed by atoms with van der Waals surface area (Å²) < 4.78 is 16.8. The standard InChI is InChI=1S/C15H32N2O.C12H26O3/c1-11(2)15(18)14(17-13(5)6)9-7-8-10-16-12(3)4;1-9(2)13-7-12(15-11(5)6)8-14-10(3)4/h11-14,16-17H,7-10H2,1-6H3;9-12H,7-8H2,1-6H3. The normalized spacial score (nSPS) is 13.1. The molecule has 1 atom stereocenters. The molecule has 0 aromatic rings. The van der Waals surface area contributed by atoms with Gasteiger partial charge in [0.15, 0.2) is 5.78 Å². The predicted molar refractivity (Wildman–Crippen MR) is 141 cm³/mol. The van der Waals surface area contributed by atoms with Crippen molar-refractivity contribution in [2.75, 3.05) is 19.8 Å². The second-order valence-electron chi connectivity index (χ2n) is 10.6. The third kappa shape index (κ3) is 24.4. The van der Waals surface area contributed by atoms with Crippen LogP contribution in [0.5, 0.6) is 0 Å². The maximum absolute atomic E-state index is 12.1. The Bertz CT molecular complexity index is 439. The van der Waals surface area contributed by atoms with Crippen molar-refractivity contribution in [3.05, 3.63) is 0 Å². The highest BCUT2D eigenvalue weighted by Gasteiger charge is 2.21. The third-order valence-corrected chi connectivity index (χ3v) is 4.61. The lowest BCUT2D eigenvalue weighted by Crippen LogP contribution is -2.42. The van der Waals surface area contributed by atoms with E-state index in [0.717, 1.165) is 25.8 Å². The van der Waals surface area contributed by atoms with Gasteiger partial charge in [-0.3, -0.25) is 4.79 Å². The number of carbonyl (C=O) groups excluding carboxylic acids is 1. The molecule has 0 radical (unpaired) electrons. The van der Waals surface area contributed by atoms with Crippen molar-refractivity contribution in [2.45, 2.75) is 145 Å². The summed E-state index contributed by atoms with van der Waals surface area (Å²) in [6, 6.07) is 0.947. The van der Waals surface area contributed by atoms with Gasteiger partial charge in [-0.2, -0.15) is 0 Å². The molecule has 33 heavy (non-hydrogen) atoms. The van der Waals surface area contributed by atoms with Gasteiger partial charge in [-0.1, -0.05) is 48.0 Å². The lowest BCUT2D eigenvalue weighted by atomic mass is 9.96. The molecular formula is C27H58N2O4. The topological polar surface area (TPSA) is 68.8 Å². The fourth-order valence-electron chi connectivity index (χ4n) is 3.09. The summed E-state index contributed by atoms with van der Waals surface area (Å²) in [7, 11) is 0. The van der Waals surface area contributed by atoms with Crippen LogP contribution in [0, 0.1) is 5.92 Å². The zero-order valence-electron chi connectivity index (χ0n) is 24.0. The molecule has 200 valence electrons. The zero-order valence-corrected chi connectivity index (χ0v) is 24.0. The minimum absolute atomic E-state index is 0.0315. The van der Waals surface area contributed by atoms with Crippen LogP contribution in [-0.4, -0.2) is 68.1 Å². The molecular weight excluding hydrogens is 416 g/mol. The fourth-order valence-corrected chi connectivity index (χ4v) is 3.09. The second-order valence-corrected chi connectivity index (χ2v) is 10.6. The van der Waals surface area contributed by atoms with Crippen LogP contribution < -0.4 is 10.6 Å². The number of nitrogens with one attached hydrogen (secondary N) is 2. The highest BCUT2D eigenvalue weighted by atomic mass is 16.6. The van der Waals surface area contributed by atoms with Gasteiger partial charge in [-0.05, 0) is 60.9 Å². The van der Waals surface area contributed by atoms with Gasteiger partial charge in [0.1, 0.15) is 6.10 Å². The van der Waals surface area contributed by atoms with Crippen LogP contribution >= 0.6 is 0 Å². The van der Waals surface area contributed by atoms with Crippen LogP contribution in [0.4, 0.5) is 0 Å². The highest BCUT2D eigenvalue weighted by Crippen LogP contribution is 2.09. The van der Waals surface area contributed by atoms with Gasteiger partial charge in [0.25, 0.3) is 0 Å². The maximum atomic E-state index is 12.1. The van der Waals surface area contributed by atoms with E-state index in [-0.39, 0.29) is 36.4 Å². The van der Waals surface area contributed by atoms with Crippen LogP contribution in [0.1, 0.15) is 102 Å². The van der Waals surface area contributed by atoms with Gasteiger partial charge in [0.05, 0.1) is 37.6 Å². The Morgan fingerprint density at radius 1 is 0.697 bits per heavy atom. The third-order valence-electron chi connectivity index (χ3n) is 4.61. The summed E-state index contributed by atoms with van der Waals surface area (Å²) in [5.41, 5.74) is 0. The molecule has 0 saturated heterocycles. The second kappa shape index (κ2) is 20.8. The molecule has 1 unspecified atom stereocenters. The molecule has 0 heterocycles. The Kier molecular flexibility index (Phi) is 21.8. The summed E-state index contributed by atoms with van der Waals surface area (Å²) in [5, 5.41) is 6.80. The summed E-state index contributed by atoms with van der Waals surface area (Å²) in [6.45, 7) is 26.9. The Morgan fingerprint density at radius 2 is 1.21 bits per heavy atom. The molecule has 0 fully saturated rings. The van der Waals surface area contributed by atoms with E-state index in [2.05, 4.69) is 38.3 Å². The van der Waals surface area contributed by atoms with Gasteiger partial charge < -0.3 is 24.8 Å². The Balaban J connectivity index is 0. The number of hydrogen-bond acceptors (Lipinski definition) is 6. The first-order valence-electron chi connectivity index (χ1n) is 13.2. The smallest absolute Gasteiger partial charge is 0.152 e. The average molecular weight is 475 g/mol. The Hall–Kier alpha value is -0.530. The lowest BCUT2D eigenvalue weighted by molar-refractivity contribution is -0.124. The fraction of sp³-hybridized carbons (Fsp3) is 0.963. The number of hydrogen-bond donors (Lipinski definition) is 2. The summed E-state index contributed by atoms with van der Waals surface area (Å²) >= 11 is 0. The van der Waals surface area contributed by atoms with Crippen LogP contribution in [0.3, 0.4) is 0 Å². The average Bonchev–Trinajstić information content (AvgIpc) is 2.67. The van der Waals surface area contributed by atoms with E-state index in [0.29, 0.717) is 31.1 Å². The van der Waals surface area contributed by atoms with Gasteiger partial charge in [0.2, 0.25) is 0 Å². The molecule has 0 aromatic heterocycles. The van der Waals surface area contributed by atoms with Gasteiger partial charge >= 0.3 is 0 Å². The largest absolute Gasteiger partial charge is 0.376 e. The molecule has 0 bridgehead atoms.